The minimum absolute atomic E-state index is 0.0368. The van der Waals surface area contributed by atoms with Crippen molar-refractivity contribution in [2.24, 2.45) is 7.05 Å². The summed E-state index contributed by atoms with van der Waals surface area (Å²) in [5, 5.41) is 2.29. The van der Waals surface area contributed by atoms with Crippen molar-refractivity contribution in [3.63, 3.8) is 0 Å². The largest absolute Gasteiger partial charge is 0.345 e. The predicted octanol–water partition coefficient (Wildman–Crippen LogP) is 5.26. The first-order chi connectivity index (χ1) is 16.7. The highest BCUT2D eigenvalue weighted by molar-refractivity contribution is 7.92. The second kappa shape index (κ2) is 8.62. The summed E-state index contributed by atoms with van der Waals surface area (Å²) in [6.07, 6.45) is 5.46. The molecule has 3 heterocycles. The number of aryl methyl sites for hydroxylation is 2. The fourth-order valence-corrected chi connectivity index (χ4v) is 5.29. The molecule has 0 radical (unpaired) electrons. The van der Waals surface area contributed by atoms with E-state index in [-0.39, 0.29) is 11.3 Å². The van der Waals surface area contributed by atoms with Crippen LogP contribution in [0.2, 0.25) is 5.02 Å². The highest BCUT2D eigenvalue weighted by Crippen LogP contribution is 2.36. The lowest BCUT2D eigenvalue weighted by Gasteiger charge is -2.13. The lowest BCUT2D eigenvalue weighted by molar-refractivity contribution is 0.602. The van der Waals surface area contributed by atoms with Gasteiger partial charge in [-0.15, -0.1) is 0 Å². The third-order valence-electron chi connectivity index (χ3n) is 6.33. The Balaban J connectivity index is 1.73. The first-order valence-electron chi connectivity index (χ1n) is 11.2. The number of aromatic nitrogens is 3. The first kappa shape index (κ1) is 23.3. The molecular formula is C26H25ClN4O3S. The minimum Gasteiger partial charge on any atom is -0.345 e. The maximum Gasteiger partial charge on any atom is 0.272 e. The summed E-state index contributed by atoms with van der Waals surface area (Å²) in [7, 11) is -1.68. The Bertz CT molecular complexity index is 1760. The van der Waals surface area contributed by atoms with Crippen molar-refractivity contribution >= 4 is 49.1 Å². The number of rotatable bonds is 6. The van der Waals surface area contributed by atoms with Gasteiger partial charge >= 0.3 is 0 Å². The quantitative estimate of drug-likeness (QED) is 0.328. The van der Waals surface area contributed by atoms with Gasteiger partial charge in [-0.1, -0.05) is 23.7 Å². The highest BCUT2D eigenvalue weighted by atomic mass is 35.5. The van der Waals surface area contributed by atoms with Crippen LogP contribution in [0.1, 0.15) is 18.1 Å². The van der Waals surface area contributed by atoms with Crippen molar-refractivity contribution in [1.29, 1.82) is 0 Å². The third-order valence-corrected chi connectivity index (χ3v) is 8.03. The number of fused-ring (bicyclic) bond motifs is 2. The topological polar surface area (TPSA) is 88.9 Å². The molecule has 7 nitrogen and oxygen atoms in total. The molecule has 0 unspecified atom stereocenters. The number of benzene rings is 2. The molecule has 5 aromatic rings. The zero-order valence-electron chi connectivity index (χ0n) is 19.6. The molecule has 0 bridgehead atoms. The molecule has 180 valence electrons. The summed E-state index contributed by atoms with van der Waals surface area (Å²) in [6, 6.07) is 13.6. The zero-order chi connectivity index (χ0) is 24.9. The molecule has 2 N–H and O–H groups in total. The molecular weight excluding hydrogens is 484 g/mol. The molecule has 3 aromatic heterocycles. The van der Waals surface area contributed by atoms with E-state index in [1.165, 1.54) is 0 Å². The second-order valence-electron chi connectivity index (χ2n) is 8.71. The Kier molecular flexibility index (Phi) is 5.73. The van der Waals surface area contributed by atoms with Gasteiger partial charge in [0, 0.05) is 53.5 Å². The van der Waals surface area contributed by atoms with Gasteiger partial charge < -0.3 is 14.1 Å². The Hall–Kier alpha value is -3.49. The van der Waals surface area contributed by atoms with E-state index in [2.05, 4.69) is 14.3 Å². The molecule has 0 atom stereocenters. The Labute approximate surface area is 208 Å². The van der Waals surface area contributed by atoms with Crippen molar-refractivity contribution in [1.82, 2.24) is 14.1 Å². The van der Waals surface area contributed by atoms with Crippen molar-refractivity contribution in [2.45, 2.75) is 20.4 Å². The summed E-state index contributed by atoms with van der Waals surface area (Å²) >= 11 is 6.35. The fourth-order valence-electron chi connectivity index (χ4n) is 4.44. The predicted molar refractivity (Wildman–Crippen MR) is 143 cm³/mol. The number of anilines is 1. The lowest BCUT2D eigenvalue weighted by atomic mass is 10.0. The van der Waals surface area contributed by atoms with Crippen LogP contribution < -0.4 is 10.3 Å². The van der Waals surface area contributed by atoms with E-state index >= 15 is 0 Å². The van der Waals surface area contributed by atoms with Crippen molar-refractivity contribution < 1.29 is 8.42 Å². The van der Waals surface area contributed by atoms with Crippen LogP contribution in [0.15, 0.2) is 65.8 Å². The Morgan fingerprint density at radius 1 is 1.09 bits per heavy atom. The summed E-state index contributed by atoms with van der Waals surface area (Å²) in [5.74, 6) is -0.0368. The molecule has 0 fully saturated rings. The third kappa shape index (κ3) is 4.24. The number of H-pyrrole nitrogens is 1. The van der Waals surface area contributed by atoms with Crippen LogP contribution in [0.3, 0.4) is 0 Å². The van der Waals surface area contributed by atoms with Gasteiger partial charge in [-0.25, -0.2) is 8.42 Å². The van der Waals surface area contributed by atoms with Crippen LogP contribution >= 0.6 is 11.6 Å². The van der Waals surface area contributed by atoms with Gasteiger partial charge in [-0.3, -0.25) is 9.52 Å². The summed E-state index contributed by atoms with van der Waals surface area (Å²) < 4.78 is 31.6. The summed E-state index contributed by atoms with van der Waals surface area (Å²) in [6.45, 7) is 4.14. The number of nitrogens with one attached hydrogen (secondary N) is 2. The Morgan fingerprint density at radius 3 is 2.63 bits per heavy atom. The average molecular weight is 509 g/mol. The van der Waals surface area contributed by atoms with E-state index in [1.54, 1.807) is 17.7 Å². The molecule has 0 spiro atoms. The molecule has 0 aliphatic heterocycles. The van der Waals surface area contributed by atoms with Crippen molar-refractivity contribution in [3.8, 4) is 11.1 Å². The number of hydrogen-bond acceptors (Lipinski definition) is 3. The number of sulfonamides is 1. The zero-order valence-corrected chi connectivity index (χ0v) is 21.2. The number of pyridine rings is 1. The number of halogens is 1. The molecule has 0 aliphatic carbocycles. The van der Waals surface area contributed by atoms with Gasteiger partial charge in [0.1, 0.15) is 5.52 Å². The number of aromatic amines is 1. The van der Waals surface area contributed by atoms with Crippen LogP contribution in [0.5, 0.6) is 0 Å². The number of hydrogen-bond donors (Lipinski definition) is 2. The maximum atomic E-state index is 12.5. The van der Waals surface area contributed by atoms with Crippen LogP contribution in [0.4, 0.5) is 5.69 Å². The molecule has 0 aliphatic rings. The summed E-state index contributed by atoms with van der Waals surface area (Å²) in [4.78, 5) is 15.2. The van der Waals surface area contributed by atoms with Gasteiger partial charge in [-0.05, 0) is 60.9 Å². The van der Waals surface area contributed by atoms with E-state index in [1.807, 2.05) is 68.8 Å². The standard InChI is InChI=1S/C26H25ClN4O3S/c1-4-35(33,34)29-23-12-18(21-15-30(3)25-19(21)7-9-28-26(25)32)13-24-20(23)8-10-31(24)14-17-6-5-16(2)22(27)11-17/h5-13,15,29H,4,14H2,1-3H3,(H,28,32). The van der Waals surface area contributed by atoms with Gasteiger partial charge in [0.25, 0.3) is 5.56 Å². The SMILES string of the molecule is CCS(=O)(=O)Nc1cc(-c2cn(C)c3c(=O)[nH]ccc23)cc2c1ccn2Cc1ccc(C)c(Cl)c1. The highest BCUT2D eigenvalue weighted by Gasteiger charge is 2.17. The van der Waals surface area contributed by atoms with Gasteiger partial charge in [0.15, 0.2) is 0 Å². The van der Waals surface area contributed by atoms with Gasteiger partial charge in [-0.2, -0.15) is 0 Å². The Morgan fingerprint density at radius 2 is 1.89 bits per heavy atom. The monoisotopic (exact) mass is 508 g/mol. The van der Waals surface area contributed by atoms with Gasteiger partial charge in [0.2, 0.25) is 10.0 Å². The molecule has 35 heavy (non-hydrogen) atoms. The van der Waals surface area contributed by atoms with Crippen LogP contribution in [0, 0.1) is 6.92 Å². The molecule has 9 heteroatoms. The van der Waals surface area contributed by atoms with E-state index in [9.17, 15) is 13.2 Å². The first-order valence-corrected chi connectivity index (χ1v) is 13.3. The van der Waals surface area contributed by atoms with E-state index in [0.717, 1.165) is 38.5 Å². The molecule has 0 amide bonds. The minimum atomic E-state index is -3.50. The molecule has 2 aromatic carbocycles. The number of nitrogens with zero attached hydrogens (tertiary/aromatic N) is 2. The summed E-state index contributed by atoms with van der Waals surface area (Å²) in [5.41, 5.74) is 5.46. The van der Waals surface area contributed by atoms with Crippen LogP contribution in [0.25, 0.3) is 32.9 Å². The van der Waals surface area contributed by atoms with Crippen molar-refractivity contribution in [3.05, 3.63) is 87.6 Å². The van der Waals surface area contributed by atoms with Crippen LogP contribution in [-0.4, -0.2) is 28.3 Å². The fraction of sp³-hybridized carbons (Fsp3) is 0.192. The van der Waals surface area contributed by atoms with Crippen molar-refractivity contribution in [2.75, 3.05) is 10.5 Å². The van der Waals surface area contributed by atoms with Crippen LogP contribution in [-0.2, 0) is 23.6 Å². The van der Waals surface area contributed by atoms with E-state index in [0.29, 0.717) is 22.8 Å². The second-order valence-corrected chi connectivity index (χ2v) is 11.1. The normalized spacial score (nSPS) is 12.0. The smallest absolute Gasteiger partial charge is 0.272 e. The average Bonchev–Trinajstić information content (AvgIpc) is 3.38. The molecule has 5 rings (SSSR count). The van der Waals surface area contributed by atoms with Gasteiger partial charge in [0.05, 0.1) is 17.0 Å². The van der Waals surface area contributed by atoms with E-state index in [4.69, 9.17) is 11.6 Å². The van der Waals surface area contributed by atoms with E-state index < -0.39 is 10.0 Å². The maximum absolute atomic E-state index is 12.5. The lowest BCUT2D eigenvalue weighted by Crippen LogP contribution is -2.14. The molecule has 0 saturated carbocycles. The molecule has 0 saturated heterocycles.